The van der Waals surface area contributed by atoms with E-state index in [-0.39, 0.29) is 0 Å². The van der Waals surface area contributed by atoms with Gasteiger partial charge in [-0.2, -0.15) is 0 Å². The molecule has 3 heteroatoms. The van der Waals surface area contributed by atoms with Crippen molar-refractivity contribution < 1.29 is 0 Å². The summed E-state index contributed by atoms with van der Waals surface area (Å²) in [6.07, 6.45) is 0. The first-order valence-corrected chi connectivity index (χ1v) is 21.3. The highest BCUT2D eigenvalue weighted by molar-refractivity contribution is 6.09. The molecule has 0 saturated carbocycles. The van der Waals surface area contributed by atoms with Crippen molar-refractivity contribution in [1.29, 1.82) is 0 Å². The fourth-order valence-electron chi connectivity index (χ4n) is 10.7. The molecule has 11 aromatic rings. The summed E-state index contributed by atoms with van der Waals surface area (Å²) in [5.41, 5.74) is 20.7. The van der Waals surface area contributed by atoms with Gasteiger partial charge in [0, 0.05) is 33.2 Å². The number of hydrogen-bond donors (Lipinski definition) is 0. The molecule has 2 aliphatic carbocycles. The average Bonchev–Trinajstić information content (AvgIpc) is 3.96. The van der Waals surface area contributed by atoms with Gasteiger partial charge in [-0.3, -0.25) is 0 Å². The molecule has 9 aromatic carbocycles. The van der Waals surface area contributed by atoms with E-state index in [1.54, 1.807) is 0 Å². The van der Waals surface area contributed by atoms with Gasteiger partial charge in [-0.15, -0.1) is 0 Å². The zero-order valence-electron chi connectivity index (χ0n) is 33.7. The zero-order valence-corrected chi connectivity index (χ0v) is 33.7. The van der Waals surface area contributed by atoms with Gasteiger partial charge in [0.1, 0.15) is 0 Å². The Labute approximate surface area is 359 Å². The van der Waals surface area contributed by atoms with E-state index >= 15 is 0 Å². The van der Waals surface area contributed by atoms with Gasteiger partial charge in [-0.1, -0.05) is 194 Å². The fourth-order valence-corrected chi connectivity index (χ4v) is 10.7. The van der Waals surface area contributed by atoms with Crippen molar-refractivity contribution in [2.24, 2.45) is 0 Å². The number of fused-ring (bicyclic) bond motifs is 13. The summed E-state index contributed by atoms with van der Waals surface area (Å²) in [7, 11) is 0. The van der Waals surface area contributed by atoms with Crippen molar-refractivity contribution in [2.75, 3.05) is 0 Å². The van der Waals surface area contributed by atoms with E-state index in [1.165, 1.54) is 71.9 Å². The van der Waals surface area contributed by atoms with Crippen LogP contribution in [0.3, 0.4) is 0 Å². The van der Waals surface area contributed by atoms with Crippen LogP contribution in [0.2, 0.25) is 0 Å². The minimum atomic E-state index is -0.419. The first kappa shape index (κ1) is 34.7. The van der Waals surface area contributed by atoms with Gasteiger partial charge in [-0.05, 0) is 86.0 Å². The molecule has 62 heavy (non-hydrogen) atoms. The van der Waals surface area contributed by atoms with E-state index in [9.17, 15) is 0 Å². The Morgan fingerprint density at radius 3 is 1.47 bits per heavy atom. The second-order valence-electron chi connectivity index (χ2n) is 16.4. The largest absolute Gasteiger partial charge is 0.309 e. The molecule has 0 bridgehead atoms. The van der Waals surface area contributed by atoms with Crippen molar-refractivity contribution in [1.82, 2.24) is 14.5 Å². The summed E-state index contributed by atoms with van der Waals surface area (Å²) in [6.45, 7) is 0. The normalized spacial score (nSPS) is 13.0. The molecule has 0 fully saturated rings. The van der Waals surface area contributed by atoms with Crippen molar-refractivity contribution in [2.45, 2.75) is 5.41 Å². The minimum absolute atomic E-state index is 0.419. The Bertz CT molecular complexity index is 3480. The number of rotatable bonds is 5. The third-order valence-electron chi connectivity index (χ3n) is 13.3. The summed E-state index contributed by atoms with van der Waals surface area (Å²) in [4.78, 5) is 10.6. The van der Waals surface area contributed by atoms with Crippen LogP contribution in [-0.2, 0) is 5.41 Å². The molecule has 0 unspecified atom stereocenters. The molecule has 0 N–H and O–H groups in total. The molecule has 2 aliphatic rings. The van der Waals surface area contributed by atoms with E-state index in [1.807, 2.05) is 6.07 Å². The average molecular weight is 788 g/mol. The molecule has 0 saturated heterocycles. The Balaban J connectivity index is 0.996. The van der Waals surface area contributed by atoms with Crippen LogP contribution < -0.4 is 0 Å². The predicted octanol–water partition coefficient (Wildman–Crippen LogP) is 14.6. The molecule has 288 valence electrons. The third kappa shape index (κ3) is 4.88. The second kappa shape index (κ2) is 13.4. The van der Waals surface area contributed by atoms with Gasteiger partial charge in [0.05, 0.1) is 27.8 Å². The van der Waals surface area contributed by atoms with Gasteiger partial charge in [0.15, 0.2) is 5.82 Å². The number of para-hydroxylation sites is 2. The van der Waals surface area contributed by atoms with E-state index in [0.717, 1.165) is 39.3 Å². The third-order valence-corrected chi connectivity index (χ3v) is 13.3. The molecule has 3 nitrogen and oxygen atoms in total. The summed E-state index contributed by atoms with van der Waals surface area (Å²) in [6, 6.07) is 81.3. The number of hydrogen-bond acceptors (Lipinski definition) is 2. The molecule has 0 radical (unpaired) electrons. The van der Waals surface area contributed by atoms with Crippen molar-refractivity contribution in [3.63, 3.8) is 0 Å². The first-order valence-electron chi connectivity index (χ1n) is 21.3. The number of aromatic nitrogens is 3. The predicted molar refractivity (Wildman–Crippen MR) is 254 cm³/mol. The van der Waals surface area contributed by atoms with Crippen LogP contribution in [0, 0.1) is 0 Å². The Morgan fingerprint density at radius 1 is 0.323 bits per heavy atom. The lowest BCUT2D eigenvalue weighted by molar-refractivity contribution is 0.794. The van der Waals surface area contributed by atoms with Crippen LogP contribution in [0.25, 0.3) is 94.8 Å². The monoisotopic (exact) mass is 787 g/mol. The van der Waals surface area contributed by atoms with Crippen molar-refractivity contribution >= 4 is 21.8 Å². The molecular formula is C59H37N3. The number of nitrogens with zero attached hydrogens (tertiary/aromatic N) is 3. The Morgan fingerprint density at radius 2 is 0.806 bits per heavy atom. The second-order valence-corrected chi connectivity index (χ2v) is 16.4. The summed E-state index contributed by atoms with van der Waals surface area (Å²) in [5, 5.41) is 2.50. The standard InChI is InChI=1S/C59H37N3/c1-2-17-39(18-3-1)58-60-53(38-33-35-40(36-34-38)62-55-31-14-9-23-45(55)46-24-10-15-32-56(46)62)37-54(61-58)44-22-5-4-19-41(44)47-26-16-30-52-57(47)48-25-8-13-29-51(48)59(52)49-27-11-6-20-42(49)43-21-7-12-28-50(43)59/h1-37H. The lowest BCUT2D eigenvalue weighted by Crippen LogP contribution is -2.25. The molecular weight excluding hydrogens is 751 g/mol. The fraction of sp³-hybridized carbons (Fsp3) is 0.0169. The van der Waals surface area contributed by atoms with Gasteiger partial charge < -0.3 is 4.57 Å². The van der Waals surface area contributed by atoms with Crippen LogP contribution in [0.15, 0.2) is 224 Å². The molecule has 0 atom stereocenters. The highest BCUT2D eigenvalue weighted by Crippen LogP contribution is 2.64. The van der Waals surface area contributed by atoms with Gasteiger partial charge in [-0.25, -0.2) is 9.97 Å². The quantitative estimate of drug-likeness (QED) is 0.174. The van der Waals surface area contributed by atoms with Gasteiger partial charge in [0.2, 0.25) is 0 Å². The molecule has 13 rings (SSSR count). The molecule has 2 heterocycles. The maximum Gasteiger partial charge on any atom is 0.160 e. The minimum Gasteiger partial charge on any atom is -0.309 e. The maximum atomic E-state index is 5.37. The van der Waals surface area contributed by atoms with Crippen molar-refractivity contribution in [3.05, 3.63) is 247 Å². The smallest absolute Gasteiger partial charge is 0.160 e. The van der Waals surface area contributed by atoms with Gasteiger partial charge >= 0.3 is 0 Å². The topological polar surface area (TPSA) is 30.7 Å². The summed E-state index contributed by atoms with van der Waals surface area (Å²) in [5.74, 6) is 0.695. The summed E-state index contributed by atoms with van der Waals surface area (Å²) >= 11 is 0. The molecule has 0 aliphatic heterocycles. The molecule has 0 amide bonds. The van der Waals surface area contributed by atoms with Crippen molar-refractivity contribution in [3.8, 4) is 73.0 Å². The first-order chi connectivity index (χ1) is 30.8. The van der Waals surface area contributed by atoms with Crippen LogP contribution in [-0.4, -0.2) is 14.5 Å². The zero-order chi connectivity index (χ0) is 40.8. The van der Waals surface area contributed by atoms with E-state index in [2.05, 4.69) is 223 Å². The van der Waals surface area contributed by atoms with E-state index in [0.29, 0.717) is 5.82 Å². The maximum absolute atomic E-state index is 5.37. The lowest BCUT2D eigenvalue weighted by atomic mass is 9.70. The number of benzene rings is 9. The highest BCUT2D eigenvalue weighted by Gasteiger charge is 2.52. The van der Waals surface area contributed by atoms with E-state index < -0.39 is 5.41 Å². The van der Waals surface area contributed by atoms with Crippen LogP contribution in [0.1, 0.15) is 22.3 Å². The Hall–Kier alpha value is -8.14. The Kier molecular flexibility index (Phi) is 7.52. The van der Waals surface area contributed by atoms with Gasteiger partial charge in [0.25, 0.3) is 0 Å². The highest BCUT2D eigenvalue weighted by atomic mass is 15.0. The van der Waals surface area contributed by atoms with Crippen LogP contribution in [0.4, 0.5) is 0 Å². The van der Waals surface area contributed by atoms with Crippen LogP contribution >= 0.6 is 0 Å². The SMILES string of the molecule is c1ccc(-c2nc(-c3ccc(-n4c5ccccc5c5ccccc54)cc3)cc(-c3ccccc3-c3cccc4c3-c3ccccc3C43c4ccccc4-c4ccccc43)n2)cc1. The van der Waals surface area contributed by atoms with E-state index in [4.69, 9.17) is 9.97 Å². The molecule has 1 spiro atoms. The molecule has 2 aromatic heterocycles. The van der Waals surface area contributed by atoms with Crippen LogP contribution in [0.5, 0.6) is 0 Å². The lowest BCUT2D eigenvalue weighted by Gasteiger charge is -2.30. The summed E-state index contributed by atoms with van der Waals surface area (Å²) < 4.78 is 2.36.